The fourth-order valence-corrected chi connectivity index (χ4v) is 2.61. The van der Waals surface area contributed by atoms with Gasteiger partial charge in [-0.05, 0) is 18.4 Å². The second-order valence-electron chi connectivity index (χ2n) is 5.45. The van der Waals surface area contributed by atoms with Crippen LogP contribution in [0.5, 0.6) is 0 Å². The molecule has 0 radical (unpaired) electrons. The Balaban J connectivity index is 2.73. The highest BCUT2D eigenvalue weighted by molar-refractivity contribution is 5.89. The van der Waals surface area contributed by atoms with E-state index in [-0.39, 0.29) is 23.7 Å². The number of carbonyl (C=O) groups excluding carboxylic acids is 2. The normalized spacial score (nSPS) is 19.8. The van der Waals surface area contributed by atoms with Gasteiger partial charge in [-0.15, -0.1) is 0 Å². The number of carboxylic acids is 1. The van der Waals surface area contributed by atoms with Crippen LogP contribution in [-0.4, -0.2) is 58.9 Å². The molecule has 0 aromatic heterocycles. The Morgan fingerprint density at radius 2 is 2.00 bits per heavy atom. The minimum absolute atomic E-state index is 0.172. The standard InChI is InChI=1S/C14H22N2O4/c1-5-11(17)16-7-6-10(8-16)13(18)15(4)12(9(2)3)14(19)20/h5,9-10,12H,1,6-8H2,2-4H3,(H,19,20). The number of likely N-dealkylation sites (N-methyl/N-ethyl adjacent to an activating group) is 1. The summed E-state index contributed by atoms with van der Waals surface area (Å²) < 4.78 is 0. The minimum atomic E-state index is -1.01. The highest BCUT2D eigenvalue weighted by atomic mass is 16.4. The van der Waals surface area contributed by atoms with E-state index in [9.17, 15) is 19.5 Å². The van der Waals surface area contributed by atoms with E-state index in [1.807, 2.05) is 0 Å². The summed E-state index contributed by atoms with van der Waals surface area (Å²) in [7, 11) is 1.51. The minimum Gasteiger partial charge on any atom is -0.480 e. The van der Waals surface area contributed by atoms with Crippen LogP contribution in [0.2, 0.25) is 0 Å². The summed E-state index contributed by atoms with van der Waals surface area (Å²) in [6, 6.07) is -0.841. The fourth-order valence-electron chi connectivity index (χ4n) is 2.61. The van der Waals surface area contributed by atoms with Gasteiger partial charge in [0.1, 0.15) is 6.04 Å². The zero-order chi connectivity index (χ0) is 15.4. The SMILES string of the molecule is C=CC(=O)N1CCC(C(=O)N(C)C(C(=O)O)C(C)C)C1. The molecule has 2 amide bonds. The van der Waals surface area contributed by atoms with Crippen LogP contribution in [0.15, 0.2) is 12.7 Å². The number of likely N-dealkylation sites (tertiary alicyclic amines) is 1. The molecule has 2 atom stereocenters. The van der Waals surface area contributed by atoms with E-state index < -0.39 is 12.0 Å². The molecule has 0 saturated carbocycles. The number of amides is 2. The molecule has 6 heteroatoms. The molecule has 2 unspecified atom stereocenters. The van der Waals surface area contributed by atoms with Gasteiger partial charge in [-0.3, -0.25) is 9.59 Å². The van der Waals surface area contributed by atoms with Gasteiger partial charge in [-0.1, -0.05) is 20.4 Å². The summed E-state index contributed by atoms with van der Waals surface area (Å²) in [5.41, 5.74) is 0. The largest absolute Gasteiger partial charge is 0.480 e. The van der Waals surface area contributed by atoms with Gasteiger partial charge in [0.2, 0.25) is 11.8 Å². The molecule has 0 bridgehead atoms. The van der Waals surface area contributed by atoms with E-state index in [0.29, 0.717) is 19.5 Å². The van der Waals surface area contributed by atoms with Gasteiger partial charge in [-0.25, -0.2) is 4.79 Å². The number of rotatable bonds is 5. The van der Waals surface area contributed by atoms with Gasteiger partial charge in [0, 0.05) is 20.1 Å². The molecule has 6 nitrogen and oxygen atoms in total. The van der Waals surface area contributed by atoms with Gasteiger partial charge in [0.25, 0.3) is 0 Å². The lowest BCUT2D eigenvalue weighted by Crippen LogP contribution is -2.48. The van der Waals surface area contributed by atoms with Crippen molar-refractivity contribution in [3.05, 3.63) is 12.7 Å². The number of aliphatic carboxylic acids is 1. The molecule has 0 aromatic rings. The summed E-state index contributed by atoms with van der Waals surface area (Å²) in [6.07, 6.45) is 1.79. The fraction of sp³-hybridized carbons (Fsp3) is 0.643. The third kappa shape index (κ3) is 3.37. The highest BCUT2D eigenvalue weighted by Gasteiger charge is 2.36. The van der Waals surface area contributed by atoms with Crippen LogP contribution in [0.1, 0.15) is 20.3 Å². The maximum atomic E-state index is 12.4. The third-order valence-electron chi connectivity index (χ3n) is 3.67. The Labute approximate surface area is 119 Å². The summed E-state index contributed by atoms with van der Waals surface area (Å²) in [4.78, 5) is 37.9. The van der Waals surface area contributed by atoms with Crippen molar-refractivity contribution in [2.45, 2.75) is 26.3 Å². The molecular formula is C14H22N2O4. The summed E-state index contributed by atoms with van der Waals surface area (Å²) in [5, 5.41) is 9.21. The Hall–Kier alpha value is -1.85. The van der Waals surface area contributed by atoms with Crippen LogP contribution < -0.4 is 0 Å². The first-order valence-electron chi connectivity index (χ1n) is 6.70. The lowest BCUT2D eigenvalue weighted by molar-refractivity contribution is -0.152. The summed E-state index contributed by atoms with van der Waals surface area (Å²) in [5.74, 6) is -1.92. The lowest BCUT2D eigenvalue weighted by Gasteiger charge is -2.29. The van der Waals surface area contributed by atoms with Crippen molar-refractivity contribution < 1.29 is 19.5 Å². The quantitative estimate of drug-likeness (QED) is 0.749. The number of hydrogen-bond acceptors (Lipinski definition) is 3. The first-order valence-corrected chi connectivity index (χ1v) is 6.70. The molecule has 0 spiro atoms. The van der Waals surface area contributed by atoms with Crippen molar-refractivity contribution in [2.75, 3.05) is 20.1 Å². The molecule has 1 heterocycles. The van der Waals surface area contributed by atoms with Crippen molar-refractivity contribution in [1.29, 1.82) is 0 Å². The topological polar surface area (TPSA) is 77.9 Å². The van der Waals surface area contributed by atoms with Crippen molar-refractivity contribution >= 4 is 17.8 Å². The maximum absolute atomic E-state index is 12.4. The van der Waals surface area contributed by atoms with Crippen LogP contribution in [0.4, 0.5) is 0 Å². The number of hydrogen-bond donors (Lipinski definition) is 1. The van der Waals surface area contributed by atoms with E-state index in [2.05, 4.69) is 6.58 Å². The van der Waals surface area contributed by atoms with E-state index in [1.165, 1.54) is 18.0 Å². The molecule has 112 valence electrons. The van der Waals surface area contributed by atoms with Crippen molar-refractivity contribution in [1.82, 2.24) is 9.80 Å². The first-order chi connectivity index (χ1) is 9.29. The summed E-state index contributed by atoms with van der Waals surface area (Å²) in [6.45, 7) is 7.80. The van der Waals surface area contributed by atoms with E-state index in [4.69, 9.17) is 0 Å². The molecule has 1 fully saturated rings. The molecule has 0 aromatic carbocycles. The first kappa shape index (κ1) is 16.2. The molecular weight excluding hydrogens is 260 g/mol. The van der Waals surface area contributed by atoms with Crippen molar-refractivity contribution in [3.8, 4) is 0 Å². The monoisotopic (exact) mass is 282 g/mol. The molecule has 0 aliphatic carbocycles. The van der Waals surface area contributed by atoms with E-state index in [0.717, 1.165) is 0 Å². The average Bonchev–Trinajstić information content (AvgIpc) is 2.85. The predicted octanol–water partition coefficient (Wildman–Crippen LogP) is 0.589. The van der Waals surface area contributed by atoms with Crippen LogP contribution in [0.25, 0.3) is 0 Å². The molecule has 1 N–H and O–H groups in total. The van der Waals surface area contributed by atoms with Crippen molar-refractivity contribution in [2.24, 2.45) is 11.8 Å². The predicted molar refractivity (Wildman–Crippen MR) is 73.9 cm³/mol. The molecule has 1 aliphatic heterocycles. The van der Waals surface area contributed by atoms with Crippen molar-refractivity contribution in [3.63, 3.8) is 0 Å². The van der Waals surface area contributed by atoms with E-state index >= 15 is 0 Å². The molecule has 1 rings (SSSR count). The smallest absolute Gasteiger partial charge is 0.326 e. The van der Waals surface area contributed by atoms with Gasteiger partial charge in [0.15, 0.2) is 0 Å². The molecule has 20 heavy (non-hydrogen) atoms. The number of nitrogens with zero attached hydrogens (tertiary/aromatic N) is 2. The Morgan fingerprint density at radius 3 is 2.45 bits per heavy atom. The van der Waals surface area contributed by atoms with Gasteiger partial charge < -0.3 is 14.9 Å². The second-order valence-corrected chi connectivity index (χ2v) is 5.45. The van der Waals surface area contributed by atoms with Crippen LogP contribution in [0.3, 0.4) is 0 Å². The Kier molecular flexibility index (Phi) is 5.30. The average molecular weight is 282 g/mol. The lowest BCUT2D eigenvalue weighted by atomic mass is 10.0. The van der Waals surface area contributed by atoms with Crippen LogP contribution in [0, 0.1) is 11.8 Å². The van der Waals surface area contributed by atoms with Gasteiger partial charge >= 0.3 is 5.97 Å². The number of carboxylic acid groups (broad SMARTS) is 1. The summed E-state index contributed by atoms with van der Waals surface area (Å²) >= 11 is 0. The molecule has 1 aliphatic rings. The molecule has 1 saturated heterocycles. The number of carbonyl (C=O) groups is 3. The highest BCUT2D eigenvalue weighted by Crippen LogP contribution is 2.21. The van der Waals surface area contributed by atoms with Gasteiger partial charge in [0.05, 0.1) is 5.92 Å². The Morgan fingerprint density at radius 1 is 1.40 bits per heavy atom. The van der Waals surface area contributed by atoms with Crippen LogP contribution in [-0.2, 0) is 14.4 Å². The Bertz CT molecular complexity index is 419. The van der Waals surface area contributed by atoms with Crippen LogP contribution >= 0.6 is 0 Å². The zero-order valence-electron chi connectivity index (χ0n) is 12.2. The maximum Gasteiger partial charge on any atom is 0.326 e. The second kappa shape index (κ2) is 6.54. The zero-order valence-corrected chi connectivity index (χ0v) is 12.2. The van der Waals surface area contributed by atoms with Gasteiger partial charge in [-0.2, -0.15) is 0 Å². The third-order valence-corrected chi connectivity index (χ3v) is 3.67. The van der Waals surface area contributed by atoms with E-state index in [1.54, 1.807) is 18.7 Å².